The van der Waals surface area contributed by atoms with Crippen molar-refractivity contribution in [2.45, 2.75) is 0 Å². The molecule has 94 valence electrons. The zero-order valence-electron chi connectivity index (χ0n) is 10.5. The zero-order chi connectivity index (χ0) is 13.3. The molecule has 1 aliphatic carbocycles. The van der Waals surface area contributed by atoms with Gasteiger partial charge >= 0.3 is 0 Å². The van der Waals surface area contributed by atoms with E-state index < -0.39 is 0 Å². The van der Waals surface area contributed by atoms with E-state index in [0.29, 0.717) is 5.69 Å². The van der Waals surface area contributed by atoms with E-state index in [9.17, 15) is 4.79 Å². The lowest BCUT2D eigenvalue weighted by Crippen LogP contribution is -1.95. The van der Waals surface area contributed by atoms with Crippen molar-refractivity contribution >= 4 is 27.6 Å². The van der Waals surface area contributed by atoms with Crippen LogP contribution in [-0.4, -0.2) is 15.8 Å². The van der Waals surface area contributed by atoms with Crippen molar-refractivity contribution in [3.8, 4) is 11.3 Å². The van der Waals surface area contributed by atoms with Crippen molar-refractivity contribution in [3.63, 3.8) is 0 Å². The van der Waals surface area contributed by atoms with Crippen molar-refractivity contribution in [2.24, 2.45) is 0 Å². The molecule has 4 aromatic rings. The lowest BCUT2D eigenvalue weighted by Gasteiger charge is -1.93. The molecule has 0 unspecified atom stereocenters. The molecule has 2 aromatic heterocycles. The summed E-state index contributed by atoms with van der Waals surface area (Å²) in [4.78, 5) is 19.3. The summed E-state index contributed by atoms with van der Waals surface area (Å²) in [5.41, 5.74) is 5.49. The smallest absolute Gasteiger partial charge is 0.212 e. The highest BCUT2D eigenvalue weighted by molar-refractivity contribution is 6.30. The maximum atomic E-state index is 12.7. The van der Waals surface area contributed by atoms with E-state index in [1.165, 1.54) is 0 Å². The molecular weight excluding hydrogens is 248 g/mol. The first-order chi connectivity index (χ1) is 9.84. The number of rotatable bonds is 0. The topological polar surface area (TPSA) is 48.6 Å². The van der Waals surface area contributed by atoms with E-state index in [-0.39, 0.29) is 5.78 Å². The lowest BCUT2D eigenvalue weighted by atomic mass is 10.1. The zero-order valence-corrected chi connectivity index (χ0v) is 10.5. The number of carbonyl (C=O) groups is 1. The third kappa shape index (κ3) is 1.00. The van der Waals surface area contributed by atoms with Crippen LogP contribution < -0.4 is 0 Å². The van der Waals surface area contributed by atoms with Gasteiger partial charge in [-0.3, -0.25) is 4.79 Å². The fourth-order valence-corrected chi connectivity index (χ4v) is 3.26. The highest BCUT2D eigenvalue weighted by atomic mass is 16.1. The molecule has 0 fully saturated rings. The lowest BCUT2D eigenvalue weighted by molar-refractivity contribution is 0.104. The largest absolute Gasteiger partial charge is 0.354 e. The summed E-state index contributed by atoms with van der Waals surface area (Å²) >= 11 is 0. The van der Waals surface area contributed by atoms with E-state index in [1.54, 1.807) is 0 Å². The van der Waals surface area contributed by atoms with Crippen LogP contribution in [0.4, 0.5) is 0 Å². The number of carbonyl (C=O) groups excluding carboxylic acids is 1. The van der Waals surface area contributed by atoms with Crippen LogP contribution in [0.25, 0.3) is 33.1 Å². The highest BCUT2D eigenvalue weighted by Gasteiger charge is 2.33. The summed E-state index contributed by atoms with van der Waals surface area (Å²) in [5.74, 6) is 0.0867. The Hall–Kier alpha value is -2.81. The predicted octanol–water partition coefficient (Wildman–Crippen LogP) is 3.86. The number of hydrogen-bond acceptors (Lipinski definition) is 1. The van der Waals surface area contributed by atoms with Gasteiger partial charge in [-0.25, -0.2) is 0 Å². The van der Waals surface area contributed by atoms with Crippen LogP contribution in [0.2, 0.25) is 0 Å². The highest BCUT2D eigenvalue weighted by Crippen LogP contribution is 2.43. The van der Waals surface area contributed by atoms with Gasteiger partial charge in [-0.1, -0.05) is 36.4 Å². The average molecular weight is 258 g/mol. The van der Waals surface area contributed by atoms with Gasteiger partial charge in [0, 0.05) is 27.4 Å². The third-order valence-corrected chi connectivity index (χ3v) is 4.12. The number of fused-ring (bicyclic) bond motifs is 7. The minimum Gasteiger partial charge on any atom is -0.354 e. The maximum Gasteiger partial charge on any atom is 0.212 e. The number of H-pyrrole nitrogens is 2. The fourth-order valence-electron chi connectivity index (χ4n) is 3.26. The van der Waals surface area contributed by atoms with Crippen molar-refractivity contribution in [1.82, 2.24) is 9.97 Å². The predicted molar refractivity (Wildman–Crippen MR) is 79.0 cm³/mol. The first-order valence-corrected chi connectivity index (χ1v) is 6.61. The van der Waals surface area contributed by atoms with Gasteiger partial charge in [0.15, 0.2) is 0 Å². The van der Waals surface area contributed by atoms with Crippen molar-refractivity contribution in [1.29, 1.82) is 0 Å². The molecule has 5 rings (SSSR count). The van der Waals surface area contributed by atoms with E-state index >= 15 is 0 Å². The molecule has 0 aliphatic heterocycles. The Balaban J connectivity index is 2.00. The standard InChI is InChI=1S/C17H10N2O/c20-17-14-10-6-2-4-8-12(10)18-15(14)13-9-5-1-3-7-11(9)19-16(13)17/h1-8,18-19H. The van der Waals surface area contributed by atoms with E-state index in [0.717, 1.165) is 38.6 Å². The van der Waals surface area contributed by atoms with Gasteiger partial charge in [0.2, 0.25) is 5.78 Å². The van der Waals surface area contributed by atoms with Crippen molar-refractivity contribution in [3.05, 3.63) is 59.8 Å². The molecule has 2 N–H and O–H groups in total. The number of nitrogens with one attached hydrogen (secondary N) is 2. The minimum atomic E-state index is 0.0867. The molecule has 0 atom stereocenters. The fraction of sp³-hybridized carbons (Fsp3) is 0. The van der Waals surface area contributed by atoms with Crippen LogP contribution in [-0.2, 0) is 0 Å². The SMILES string of the molecule is O=C1c2[nH]c3ccccc3c2-c2[nH]c3ccccc3c21. The van der Waals surface area contributed by atoms with E-state index in [1.807, 2.05) is 42.5 Å². The average Bonchev–Trinajstić information content (AvgIpc) is 3.10. The Morgan fingerprint density at radius 2 is 1.20 bits per heavy atom. The summed E-state index contributed by atoms with van der Waals surface area (Å²) in [5, 5.41) is 2.10. The Morgan fingerprint density at radius 3 is 1.90 bits per heavy atom. The van der Waals surface area contributed by atoms with Crippen molar-refractivity contribution in [2.75, 3.05) is 0 Å². The first-order valence-electron chi connectivity index (χ1n) is 6.61. The molecule has 0 saturated carbocycles. The van der Waals surface area contributed by atoms with Gasteiger partial charge in [0.05, 0.1) is 17.0 Å². The molecule has 0 radical (unpaired) electrons. The summed E-state index contributed by atoms with van der Waals surface area (Å²) in [7, 11) is 0. The molecule has 0 spiro atoms. The van der Waals surface area contributed by atoms with Crippen LogP contribution >= 0.6 is 0 Å². The molecule has 20 heavy (non-hydrogen) atoms. The van der Waals surface area contributed by atoms with E-state index in [2.05, 4.69) is 16.0 Å². The maximum absolute atomic E-state index is 12.7. The molecular formula is C17H10N2O. The Kier molecular flexibility index (Phi) is 1.60. The Morgan fingerprint density at radius 1 is 0.650 bits per heavy atom. The van der Waals surface area contributed by atoms with Crippen LogP contribution in [0, 0.1) is 0 Å². The first kappa shape index (κ1) is 10.0. The van der Waals surface area contributed by atoms with Gasteiger partial charge in [-0.2, -0.15) is 0 Å². The number of aromatic amines is 2. The number of ketones is 1. The normalized spacial score (nSPS) is 13.1. The summed E-state index contributed by atoms with van der Waals surface area (Å²) < 4.78 is 0. The Labute approximate surface area is 114 Å². The van der Waals surface area contributed by atoms with Gasteiger partial charge in [-0.15, -0.1) is 0 Å². The second-order valence-corrected chi connectivity index (χ2v) is 5.17. The number of benzene rings is 2. The summed E-state index contributed by atoms with van der Waals surface area (Å²) in [6.45, 7) is 0. The van der Waals surface area contributed by atoms with Gasteiger partial charge in [0.25, 0.3) is 0 Å². The van der Waals surface area contributed by atoms with Gasteiger partial charge in [0.1, 0.15) is 0 Å². The number of para-hydroxylation sites is 2. The van der Waals surface area contributed by atoms with Gasteiger partial charge < -0.3 is 9.97 Å². The van der Waals surface area contributed by atoms with Crippen LogP contribution in [0.5, 0.6) is 0 Å². The molecule has 3 heteroatoms. The molecule has 2 aromatic carbocycles. The minimum absolute atomic E-state index is 0.0867. The quantitative estimate of drug-likeness (QED) is 0.435. The Bertz CT molecular complexity index is 1020. The van der Waals surface area contributed by atoms with E-state index in [4.69, 9.17) is 0 Å². The molecule has 0 saturated heterocycles. The van der Waals surface area contributed by atoms with Crippen LogP contribution in [0.3, 0.4) is 0 Å². The molecule has 1 aliphatic rings. The molecule has 2 heterocycles. The second-order valence-electron chi connectivity index (χ2n) is 5.17. The summed E-state index contributed by atoms with van der Waals surface area (Å²) in [6, 6.07) is 16.0. The number of aromatic nitrogens is 2. The molecule has 0 bridgehead atoms. The molecule has 3 nitrogen and oxygen atoms in total. The van der Waals surface area contributed by atoms with Crippen LogP contribution in [0.1, 0.15) is 16.1 Å². The third-order valence-electron chi connectivity index (χ3n) is 4.12. The van der Waals surface area contributed by atoms with Gasteiger partial charge in [-0.05, 0) is 12.1 Å². The van der Waals surface area contributed by atoms with Crippen molar-refractivity contribution < 1.29 is 4.79 Å². The second kappa shape index (κ2) is 3.20. The van der Waals surface area contributed by atoms with Crippen LogP contribution in [0.15, 0.2) is 48.5 Å². The molecule has 0 amide bonds. The summed E-state index contributed by atoms with van der Waals surface area (Å²) in [6.07, 6.45) is 0. The monoisotopic (exact) mass is 258 g/mol. The number of hydrogen-bond donors (Lipinski definition) is 2.